The monoisotopic (exact) mass is 252 g/mol. The van der Waals surface area contributed by atoms with Gasteiger partial charge in [0.25, 0.3) is 0 Å². The molecule has 0 aliphatic carbocycles. The summed E-state index contributed by atoms with van der Waals surface area (Å²) >= 11 is 0. The van der Waals surface area contributed by atoms with Gasteiger partial charge < -0.3 is 20.5 Å². The third-order valence-electron chi connectivity index (χ3n) is 2.51. The van der Waals surface area contributed by atoms with Gasteiger partial charge in [-0.3, -0.25) is 4.79 Å². The number of methoxy groups -OCH3 is 1. The lowest BCUT2D eigenvalue weighted by Crippen LogP contribution is -2.34. The van der Waals surface area contributed by atoms with E-state index in [2.05, 4.69) is 5.32 Å². The first-order valence-electron chi connectivity index (χ1n) is 5.99. The maximum Gasteiger partial charge on any atom is 0.241 e. The van der Waals surface area contributed by atoms with E-state index in [0.29, 0.717) is 30.2 Å². The first kappa shape index (κ1) is 14.3. The van der Waals surface area contributed by atoms with Crippen LogP contribution in [-0.2, 0) is 4.79 Å². The molecule has 3 N–H and O–H groups in total. The summed E-state index contributed by atoms with van der Waals surface area (Å²) in [7, 11) is 1.57. The molecule has 1 aromatic carbocycles. The van der Waals surface area contributed by atoms with Gasteiger partial charge in [-0.1, -0.05) is 6.92 Å². The Kier molecular flexibility index (Phi) is 5.45. The van der Waals surface area contributed by atoms with Gasteiger partial charge in [-0.05, 0) is 25.5 Å². The quantitative estimate of drug-likeness (QED) is 0.809. The second-order valence-electron chi connectivity index (χ2n) is 3.80. The van der Waals surface area contributed by atoms with E-state index in [-0.39, 0.29) is 5.91 Å². The van der Waals surface area contributed by atoms with Gasteiger partial charge in [-0.15, -0.1) is 0 Å². The number of carbonyl (C=O) groups is 1. The van der Waals surface area contributed by atoms with Crippen LogP contribution in [0.2, 0.25) is 0 Å². The van der Waals surface area contributed by atoms with Crippen molar-refractivity contribution in [3.63, 3.8) is 0 Å². The zero-order valence-corrected chi connectivity index (χ0v) is 11.0. The van der Waals surface area contributed by atoms with Crippen LogP contribution in [0.3, 0.4) is 0 Å². The van der Waals surface area contributed by atoms with E-state index in [1.807, 2.05) is 13.8 Å². The topological polar surface area (TPSA) is 73.6 Å². The fourth-order valence-electron chi connectivity index (χ4n) is 1.44. The molecule has 1 atom stereocenters. The second-order valence-corrected chi connectivity index (χ2v) is 3.80. The van der Waals surface area contributed by atoms with Crippen molar-refractivity contribution >= 4 is 11.6 Å². The summed E-state index contributed by atoms with van der Waals surface area (Å²) in [6, 6.07) is 4.73. The summed E-state index contributed by atoms with van der Waals surface area (Å²) in [6.45, 7) is 4.28. The zero-order chi connectivity index (χ0) is 13.5. The Labute approximate surface area is 107 Å². The molecule has 0 saturated heterocycles. The molecule has 1 aromatic rings. The molecule has 0 radical (unpaired) electrons. The smallest absolute Gasteiger partial charge is 0.241 e. The lowest BCUT2D eigenvalue weighted by Gasteiger charge is -2.13. The SMILES string of the molecule is CCOc1cc(NC(=O)[C@@H](N)CC)ccc1OC. The van der Waals surface area contributed by atoms with E-state index in [9.17, 15) is 4.79 Å². The molecule has 0 unspecified atom stereocenters. The van der Waals surface area contributed by atoms with Crippen LogP contribution < -0.4 is 20.5 Å². The summed E-state index contributed by atoms with van der Waals surface area (Å²) in [4.78, 5) is 11.7. The van der Waals surface area contributed by atoms with E-state index in [1.165, 1.54) is 0 Å². The van der Waals surface area contributed by atoms with E-state index in [1.54, 1.807) is 25.3 Å². The molecule has 0 saturated carbocycles. The Bertz CT molecular complexity index is 407. The van der Waals surface area contributed by atoms with Crippen molar-refractivity contribution in [1.82, 2.24) is 0 Å². The number of hydrogen-bond acceptors (Lipinski definition) is 4. The summed E-state index contributed by atoms with van der Waals surface area (Å²) in [5, 5.41) is 2.74. The van der Waals surface area contributed by atoms with Crippen LogP contribution in [0.25, 0.3) is 0 Å². The largest absolute Gasteiger partial charge is 0.493 e. The van der Waals surface area contributed by atoms with Crippen LogP contribution in [-0.4, -0.2) is 25.7 Å². The molecule has 0 aliphatic heterocycles. The summed E-state index contributed by atoms with van der Waals surface area (Å²) in [5.41, 5.74) is 6.30. The predicted molar refractivity (Wildman–Crippen MR) is 71.1 cm³/mol. The van der Waals surface area contributed by atoms with Crippen LogP contribution in [0.4, 0.5) is 5.69 Å². The molecule has 0 aliphatic rings. The molecule has 0 fully saturated rings. The Hall–Kier alpha value is -1.75. The molecular weight excluding hydrogens is 232 g/mol. The lowest BCUT2D eigenvalue weighted by atomic mass is 10.2. The van der Waals surface area contributed by atoms with Crippen LogP contribution >= 0.6 is 0 Å². The molecule has 0 heterocycles. The minimum Gasteiger partial charge on any atom is -0.493 e. The maximum atomic E-state index is 11.7. The van der Waals surface area contributed by atoms with Gasteiger partial charge in [0, 0.05) is 11.8 Å². The summed E-state index contributed by atoms with van der Waals surface area (Å²) in [6.07, 6.45) is 0.598. The molecule has 1 rings (SSSR count). The number of benzene rings is 1. The van der Waals surface area contributed by atoms with Crippen molar-refractivity contribution in [3.05, 3.63) is 18.2 Å². The second kappa shape index (κ2) is 6.86. The number of ether oxygens (including phenoxy) is 2. The lowest BCUT2D eigenvalue weighted by molar-refractivity contribution is -0.117. The van der Waals surface area contributed by atoms with E-state index < -0.39 is 6.04 Å². The molecule has 0 aromatic heterocycles. The maximum absolute atomic E-state index is 11.7. The van der Waals surface area contributed by atoms with Gasteiger partial charge in [0.05, 0.1) is 19.8 Å². The number of amides is 1. The highest BCUT2D eigenvalue weighted by Gasteiger charge is 2.12. The standard InChI is InChI=1S/C13H20N2O3/c1-4-10(14)13(16)15-9-6-7-11(17-3)12(8-9)18-5-2/h6-8,10H,4-5,14H2,1-3H3,(H,15,16)/t10-/m0/s1. The summed E-state index contributed by atoms with van der Waals surface area (Å²) < 4.78 is 10.6. The van der Waals surface area contributed by atoms with Crippen LogP contribution in [0.5, 0.6) is 11.5 Å². The van der Waals surface area contributed by atoms with Crippen molar-refractivity contribution in [3.8, 4) is 11.5 Å². The third-order valence-corrected chi connectivity index (χ3v) is 2.51. The predicted octanol–water partition coefficient (Wildman–Crippen LogP) is 1.77. The van der Waals surface area contributed by atoms with Crippen molar-refractivity contribution in [2.24, 2.45) is 5.73 Å². The molecule has 5 heteroatoms. The zero-order valence-electron chi connectivity index (χ0n) is 11.0. The first-order chi connectivity index (χ1) is 8.62. The van der Waals surface area contributed by atoms with Crippen LogP contribution in [0.15, 0.2) is 18.2 Å². The Morgan fingerprint density at radius 1 is 1.39 bits per heavy atom. The minimum absolute atomic E-state index is 0.204. The number of anilines is 1. The van der Waals surface area contributed by atoms with Gasteiger partial charge in [-0.2, -0.15) is 0 Å². The van der Waals surface area contributed by atoms with Crippen molar-refractivity contribution < 1.29 is 14.3 Å². The molecule has 100 valence electrons. The number of nitrogens with one attached hydrogen (secondary N) is 1. The highest BCUT2D eigenvalue weighted by Crippen LogP contribution is 2.30. The Morgan fingerprint density at radius 2 is 2.11 bits per heavy atom. The average Bonchev–Trinajstić information content (AvgIpc) is 2.38. The number of hydrogen-bond donors (Lipinski definition) is 2. The average molecular weight is 252 g/mol. The van der Waals surface area contributed by atoms with Gasteiger partial charge in [0.1, 0.15) is 0 Å². The fraction of sp³-hybridized carbons (Fsp3) is 0.462. The molecule has 5 nitrogen and oxygen atoms in total. The fourth-order valence-corrected chi connectivity index (χ4v) is 1.44. The van der Waals surface area contributed by atoms with E-state index >= 15 is 0 Å². The third kappa shape index (κ3) is 3.63. The highest BCUT2D eigenvalue weighted by molar-refractivity contribution is 5.94. The molecule has 18 heavy (non-hydrogen) atoms. The number of rotatable bonds is 6. The van der Waals surface area contributed by atoms with E-state index in [4.69, 9.17) is 15.2 Å². The van der Waals surface area contributed by atoms with Gasteiger partial charge >= 0.3 is 0 Å². The van der Waals surface area contributed by atoms with Gasteiger partial charge in [0.15, 0.2) is 11.5 Å². The highest BCUT2D eigenvalue weighted by atomic mass is 16.5. The molecule has 1 amide bonds. The van der Waals surface area contributed by atoms with Gasteiger partial charge in [-0.25, -0.2) is 0 Å². The summed E-state index contributed by atoms with van der Waals surface area (Å²) in [5.74, 6) is 1.03. The number of carbonyl (C=O) groups excluding carboxylic acids is 1. The molecular formula is C13H20N2O3. The van der Waals surface area contributed by atoms with E-state index in [0.717, 1.165) is 0 Å². The van der Waals surface area contributed by atoms with Crippen molar-refractivity contribution in [1.29, 1.82) is 0 Å². The van der Waals surface area contributed by atoms with Crippen LogP contribution in [0.1, 0.15) is 20.3 Å². The normalized spacial score (nSPS) is 11.8. The van der Waals surface area contributed by atoms with Crippen molar-refractivity contribution in [2.75, 3.05) is 19.0 Å². The first-order valence-corrected chi connectivity index (χ1v) is 5.99. The minimum atomic E-state index is -0.498. The van der Waals surface area contributed by atoms with Crippen LogP contribution in [0, 0.1) is 0 Å². The molecule has 0 bridgehead atoms. The van der Waals surface area contributed by atoms with Crippen molar-refractivity contribution in [2.45, 2.75) is 26.3 Å². The Morgan fingerprint density at radius 3 is 2.67 bits per heavy atom. The molecule has 0 spiro atoms. The van der Waals surface area contributed by atoms with Gasteiger partial charge in [0.2, 0.25) is 5.91 Å². The number of nitrogens with two attached hydrogens (primary N) is 1. The Balaban J connectivity index is 2.84.